The second-order valence-corrected chi connectivity index (χ2v) is 5.04. The van der Waals surface area contributed by atoms with Crippen molar-refractivity contribution in [2.24, 2.45) is 0 Å². The molecule has 100 valence electrons. The van der Waals surface area contributed by atoms with Crippen molar-refractivity contribution >= 4 is 23.1 Å². The average Bonchev–Trinajstić information content (AvgIpc) is 2.85. The Morgan fingerprint density at radius 2 is 2.32 bits per heavy atom. The Balaban J connectivity index is 1.88. The maximum absolute atomic E-state index is 11.1. The van der Waals surface area contributed by atoms with Gasteiger partial charge >= 0.3 is 0 Å². The second kappa shape index (κ2) is 4.97. The molecule has 0 aliphatic carbocycles. The lowest BCUT2D eigenvalue weighted by Crippen LogP contribution is -2.43. The van der Waals surface area contributed by atoms with Gasteiger partial charge in [0.15, 0.2) is 6.29 Å². The highest BCUT2D eigenvalue weighted by atomic mass is 16.1. The van der Waals surface area contributed by atoms with Crippen molar-refractivity contribution in [3.05, 3.63) is 18.1 Å². The van der Waals surface area contributed by atoms with Crippen molar-refractivity contribution in [2.75, 3.05) is 11.9 Å². The van der Waals surface area contributed by atoms with Crippen molar-refractivity contribution in [3.63, 3.8) is 0 Å². The molecule has 0 bridgehead atoms. The predicted molar refractivity (Wildman–Crippen MR) is 73.4 cm³/mol. The number of aldehydes is 1. The number of carbonyl (C=O) groups excluding carboxylic acids is 1. The van der Waals surface area contributed by atoms with Gasteiger partial charge in [-0.2, -0.15) is 0 Å². The molecule has 3 heterocycles. The van der Waals surface area contributed by atoms with Gasteiger partial charge < -0.3 is 15.6 Å². The monoisotopic (exact) mass is 259 g/mol. The van der Waals surface area contributed by atoms with Crippen LogP contribution in [0.15, 0.2) is 12.5 Å². The molecule has 6 nitrogen and oxygen atoms in total. The minimum Gasteiger partial charge on any atom is -0.365 e. The number of anilines is 1. The van der Waals surface area contributed by atoms with E-state index in [1.807, 2.05) is 0 Å². The molecule has 2 atom stereocenters. The molecule has 1 aliphatic heterocycles. The summed E-state index contributed by atoms with van der Waals surface area (Å²) in [6, 6.07) is 0.907. The van der Waals surface area contributed by atoms with E-state index >= 15 is 0 Å². The van der Waals surface area contributed by atoms with Crippen LogP contribution in [-0.2, 0) is 0 Å². The lowest BCUT2D eigenvalue weighted by Gasteiger charge is -2.28. The highest BCUT2D eigenvalue weighted by molar-refractivity contribution is 6.01. The highest BCUT2D eigenvalue weighted by Gasteiger charge is 2.19. The minimum atomic E-state index is 0.337. The van der Waals surface area contributed by atoms with Gasteiger partial charge in [-0.05, 0) is 19.8 Å². The zero-order valence-electron chi connectivity index (χ0n) is 10.8. The Hall–Kier alpha value is -1.95. The third kappa shape index (κ3) is 2.31. The number of hydrogen-bond donors (Lipinski definition) is 3. The quantitative estimate of drug-likeness (QED) is 0.724. The molecule has 6 heteroatoms. The van der Waals surface area contributed by atoms with Crippen LogP contribution < -0.4 is 10.6 Å². The maximum atomic E-state index is 11.1. The average molecular weight is 259 g/mol. The Labute approximate surface area is 111 Å². The first-order chi connectivity index (χ1) is 9.28. The largest absolute Gasteiger partial charge is 0.365 e. The first kappa shape index (κ1) is 12.1. The Morgan fingerprint density at radius 1 is 1.42 bits per heavy atom. The molecule has 3 rings (SSSR count). The molecule has 2 aromatic heterocycles. The molecule has 1 aliphatic rings. The van der Waals surface area contributed by atoms with Crippen LogP contribution >= 0.6 is 0 Å². The molecular weight excluding hydrogens is 242 g/mol. The van der Waals surface area contributed by atoms with Crippen molar-refractivity contribution < 1.29 is 4.79 Å². The predicted octanol–water partition coefficient (Wildman–Crippen LogP) is 1.32. The van der Waals surface area contributed by atoms with Gasteiger partial charge in [-0.25, -0.2) is 9.97 Å². The fraction of sp³-hybridized carbons (Fsp3) is 0.462. The summed E-state index contributed by atoms with van der Waals surface area (Å²) in [6.07, 6.45) is 6.24. The van der Waals surface area contributed by atoms with E-state index in [1.54, 1.807) is 6.20 Å². The topological polar surface area (TPSA) is 82.7 Å². The number of aromatic nitrogens is 3. The number of carbonyl (C=O) groups is 1. The molecule has 3 N–H and O–H groups in total. The summed E-state index contributed by atoms with van der Waals surface area (Å²) in [5.41, 5.74) is 1.28. The van der Waals surface area contributed by atoms with E-state index in [9.17, 15) is 4.79 Å². The number of hydrogen-bond acceptors (Lipinski definition) is 5. The van der Waals surface area contributed by atoms with Crippen molar-refractivity contribution in [1.82, 2.24) is 20.3 Å². The Kier molecular flexibility index (Phi) is 3.16. The van der Waals surface area contributed by atoms with Crippen LogP contribution in [0.2, 0.25) is 0 Å². The van der Waals surface area contributed by atoms with Gasteiger partial charge in [-0.3, -0.25) is 4.79 Å². The van der Waals surface area contributed by atoms with Crippen molar-refractivity contribution in [3.8, 4) is 0 Å². The number of nitrogens with zero attached hydrogens (tertiary/aromatic N) is 2. The van der Waals surface area contributed by atoms with Crippen molar-refractivity contribution in [1.29, 1.82) is 0 Å². The van der Waals surface area contributed by atoms with Gasteiger partial charge in [-0.1, -0.05) is 0 Å². The SMILES string of the molecule is C[C@H]1CC[C@@H](Nc2ncnc3[nH]cc(C=O)c23)CN1. The van der Waals surface area contributed by atoms with Gasteiger partial charge in [0.1, 0.15) is 17.8 Å². The highest BCUT2D eigenvalue weighted by Crippen LogP contribution is 2.23. The second-order valence-electron chi connectivity index (χ2n) is 5.04. The van der Waals surface area contributed by atoms with Crippen LogP contribution in [0.3, 0.4) is 0 Å². The van der Waals surface area contributed by atoms with E-state index in [2.05, 4.69) is 32.5 Å². The smallest absolute Gasteiger partial charge is 0.152 e. The Bertz CT molecular complexity index is 586. The summed E-state index contributed by atoms with van der Waals surface area (Å²) < 4.78 is 0. The van der Waals surface area contributed by atoms with Crippen LogP contribution in [0.1, 0.15) is 30.1 Å². The summed E-state index contributed by atoms with van der Waals surface area (Å²) in [5, 5.41) is 7.63. The number of H-pyrrole nitrogens is 1. The summed E-state index contributed by atoms with van der Waals surface area (Å²) in [7, 11) is 0. The molecule has 2 aromatic rings. The molecular formula is C13H17N5O. The van der Waals surface area contributed by atoms with E-state index in [0.717, 1.165) is 36.9 Å². The fourth-order valence-electron chi connectivity index (χ4n) is 2.50. The van der Waals surface area contributed by atoms with Gasteiger partial charge in [-0.15, -0.1) is 0 Å². The first-order valence-corrected chi connectivity index (χ1v) is 6.55. The fourth-order valence-corrected chi connectivity index (χ4v) is 2.50. The summed E-state index contributed by atoms with van der Waals surface area (Å²) in [4.78, 5) is 22.4. The summed E-state index contributed by atoms with van der Waals surface area (Å²) >= 11 is 0. The third-order valence-corrected chi connectivity index (χ3v) is 3.63. The van der Waals surface area contributed by atoms with Gasteiger partial charge in [0.2, 0.25) is 0 Å². The van der Waals surface area contributed by atoms with Crippen LogP contribution in [0, 0.1) is 0 Å². The van der Waals surface area contributed by atoms with Crippen LogP contribution in [0.25, 0.3) is 11.0 Å². The molecule has 1 fully saturated rings. The van der Waals surface area contributed by atoms with E-state index in [4.69, 9.17) is 0 Å². The maximum Gasteiger partial charge on any atom is 0.152 e. The molecule has 0 spiro atoms. The van der Waals surface area contributed by atoms with Gasteiger partial charge in [0.25, 0.3) is 0 Å². The molecule has 0 amide bonds. The van der Waals surface area contributed by atoms with Crippen LogP contribution in [0.5, 0.6) is 0 Å². The normalized spacial score (nSPS) is 23.4. The molecule has 0 saturated carbocycles. The van der Waals surface area contributed by atoms with E-state index in [0.29, 0.717) is 23.3 Å². The molecule has 19 heavy (non-hydrogen) atoms. The van der Waals surface area contributed by atoms with E-state index in [1.165, 1.54) is 6.33 Å². The lowest BCUT2D eigenvalue weighted by molar-refractivity contribution is 0.112. The molecule has 0 unspecified atom stereocenters. The van der Waals surface area contributed by atoms with Crippen LogP contribution in [0.4, 0.5) is 5.82 Å². The van der Waals surface area contributed by atoms with E-state index < -0.39 is 0 Å². The summed E-state index contributed by atoms with van der Waals surface area (Å²) in [5.74, 6) is 0.731. The molecule has 0 radical (unpaired) electrons. The van der Waals surface area contributed by atoms with Gasteiger partial charge in [0, 0.05) is 30.4 Å². The zero-order chi connectivity index (χ0) is 13.2. The molecule has 1 saturated heterocycles. The third-order valence-electron chi connectivity index (χ3n) is 3.63. The standard InChI is InChI=1S/C13H17N5O/c1-8-2-3-10(5-14-8)18-13-11-9(6-19)4-15-12(11)16-7-17-13/h4,6-8,10,14H,2-3,5H2,1H3,(H2,15,16,17,18)/t8-,10+/m0/s1. The van der Waals surface area contributed by atoms with Crippen molar-refractivity contribution in [2.45, 2.75) is 31.8 Å². The number of nitrogens with one attached hydrogen (secondary N) is 3. The summed E-state index contributed by atoms with van der Waals surface area (Å²) in [6.45, 7) is 3.10. The zero-order valence-corrected chi connectivity index (χ0v) is 10.8. The first-order valence-electron chi connectivity index (χ1n) is 6.55. The van der Waals surface area contributed by atoms with Gasteiger partial charge in [0.05, 0.1) is 5.39 Å². The van der Waals surface area contributed by atoms with Crippen LogP contribution in [-0.4, -0.2) is 39.9 Å². The lowest BCUT2D eigenvalue weighted by atomic mass is 10.0. The molecule has 0 aromatic carbocycles. The Morgan fingerprint density at radius 3 is 3.05 bits per heavy atom. The minimum absolute atomic E-state index is 0.337. The number of fused-ring (bicyclic) bond motifs is 1. The number of aromatic amines is 1. The van der Waals surface area contributed by atoms with E-state index in [-0.39, 0.29) is 0 Å². The number of rotatable bonds is 3. The number of piperidine rings is 1.